The molecule has 4 N–H and O–H groups in total. The molecule has 0 saturated heterocycles. The second-order valence-corrected chi connectivity index (χ2v) is 8.39. The highest BCUT2D eigenvalue weighted by Gasteiger charge is 2.12. The molecular formula is C18H20BrN3O4S. The maximum absolute atomic E-state index is 12.0. The maximum atomic E-state index is 12.0. The van der Waals surface area contributed by atoms with Gasteiger partial charge >= 0.3 is 0 Å². The summed E-state index contributed by atoms with van der Waals surface area (Å²) < 4.78 is 23.4. The Balaban J connectivity index is 1.81. The summed E-state index contributed by atoms with van der Waals surface area (Å²) in [5, 5.41) is 10.5. The number of carbonyl (C=O) groups is 2. The minimum atomic E-state index is -3.74. The minimum Gasteiger partial charge on any atom is -0.352 e. The molecule has 0 aliphatic carbocycles. The lowest BCUT2D eigenvalue weighted by atomic mass is 10.1. The van der Waals surface area contributed by atoms with Gasteiger partial charge in [0.15, 0.2) is 0 Å². The zero-order chi connectivity index (χ0) is 20.0. The number of rotatable bonds is 7. The zero-order valence-corrected chi connectivity index (χ0v) is 17.0. The molecule has 27 heavy (non-hydrogen) atoms. The normalized spacial score (nSPS) is 12.3. The van der Waals surface area contributed by atoms with Gasteiger partial charge in [0.05, 0.1) is 10.9 Å². The third-order valence-electron chi connectivity index (χ3n) is 3.83. The summed E-state index contributed by atoms with van der Waals surface area (Å²) in [6.45, 7) is 1.99. The molecule has 0 bridgehead atoms. The fourth-order valence-corrected chi connectivity index (χ4v) is 3.12. The number of halogens is 1. The maximum Gasteiger partial charge on any atom is 0.251 e. The monoisotopic (exact) mass is 453 g/mol. The van der Waals surface area contributed by atoms with Crippen LogP contribution in [0, 0.1) is 0 Å². The number of carbonyl (C=O) groups excluding carboxylic acids is 2. The standard InChI is InChI=1S/C18H20BrN3O4S/c1-12(13-4-8-16(9-5-13)27(20,25)26)22-17(23)10-11-21-18(24)14-2-6-15(19)7-3-14/h2-9,12H,10-11H2,1H3,(H,21,24)(H,22,23)(H2,20,25,26)/t12-/m1/s1. The molecule has 1 atom stereocenters. The van der Waals surface area contributed by atoms with E-state index in [4.69, 9.17) is 5.14 Å². The molecule has 0 radical (unpaired) electrons. The number of sulfonamides is 1. The first-order chi connectivity index (χ1) is 12.7. The Hall–Kier alpha value is -2.23. The van der Waals surface area contributed by atoms with Crippen molar-refractivity contribution in [1.82, 2.24) is 10.6 Å². The van der Waals surface area contributed by atoms with Crippen LogP contribution in [-0.2, 0) is 14.8 Å². The van der Waals surface area contributed by atoms with Crippen molar-refractivity contribution in [3.63, 3.8) is 0 Å². The molecular weight excluding hydrogens is 434 g/mol. The Morgan fingerprint density at radius 2 is 1.67 bits per heavy atom. The molecule has 0 aliphatic heterocycles. The number of benzene rings is 2. The van der Waals surface area contributed by atoms with Crippen LogP contribution < -0.4 is 15.8 Å². The molecule has 0 heterocycles. The highest BCUT2D eigenvalue weighted by Crippen LogP contribution is 2.15. The van der Waals surface area contributed by atoms with Crippen LogP contribution in [0.1, 0.15) is 35.3 Å². The van der Waals surface area contributed by atoms with Gasteiger partial charge in [-0.3, -0.25) is 9.59 Å². The molecule has 2 rings (SSSR count). The van der Waals surface area contributed by atoms with E-state index in [9.17, 15) is 18.0 Å². The molecule has 7 nitrogen and oxygen atoms in total. The predicted molar refractivity (Wildman–Crippen MR) is 105 cm³/mol. The highest BCUT2D eigenvalue weighted by molar-refractivity contribution is 9.10. The average Bonchev–Trinajstić information content (AvgIpc) is 2.61. The molecule has 2 amide bonds. The molecule has 2 aromatic carbocycles. The van der Waals surface area contributed by atoms with Crippen LogP contribution in [0.15, 0.2) is 57.9 Å². The van der Waals surface area contributed by atoms with Crippen LogP contribution in [0.4, 0.5) is 0 Å². The number of hydrogen-bond acceptors (Lipinski definition) is 4. The van der Waals surface area contributed by atoms with Crippen molar-refractivity contribution >= 4 is 37.8 Å². The van der Waals surface area contributed by atoms with Crippen LogP contribution >= 0.6 is 15.9 Å². The lowest BCUT2D eigenvalue weighted by Gasteiger charge is -2.15. The summed E-state index contributed by atoms with van der Waals surface area (Å²) in [5.74, 6) is -0.476. The van der Waals surface area contributed by atoms with E-state index in [0.29, 0.717) is 5.56 Å². The number of nitrogens with one attached hydrogen (secondary N) is 2. The van der Waals surface area contributed by atoms with E-state index < -0.39 is 10.0 Å². The number of primary sulfonamides is 1. The molecule has 0 aromatic heterocycles. The summed E-state index contributed by atoms with van der Waals surface area (Å²) in [6.07, 6.45) is 0.127. The van der Waals surface area contributed by atoms with Gasteiger partial charge in [0.25, 0.3) is 5.91 Å². The first kappa shape index (κ1) is 21.1. The van der Waals surface area contributed by atoms with E-state index in [2.05, 4.69) is 26.6 Å². The first-order valence-corrected chi connectivity index (χ1v) is 10.5. The minimum absolute atomic E-state index is 0.0143. The van der Waals surface area contributed by atoms with Crippen molar-refractivity contribution < 1.29 is 18.0 Å². The quantitative estimate of drug-likeness (QED) is 0.594. The van der Waals surface area contributed by atoms with Gasteiger partial charge in [0.1, 0.15) is 0 Å². The van der Waals surface area contributed by atoms with E-state index in [1.165, 1.54) is 12.1 Å². The number of nitrogens with two attached hydrogens (primary N) is 1. The summed E-state index contributed by atoms with van der Waals surface area (Å²) in [7, 11) is -3.74. The van der Waals surface area contributed by atoms with Crippen molar-refractivity contribution in [2.24, 2.45) is 5.14 Å². The largest absolute Gasteiger partial charge is 0.352 e. The number of amides is 2. The lowest BCUT2D eigenvalue weighted by Crippen LogP contribution is -2.32. The third-order valence-corrected chi connectivity index (χ3v) is 5.29. The van der Waals surface area contributed by atoms with Gasteiger partial charge in [-0.25, -0.2) is 13.6 Å². The zero-order valence-electron chi connectivity index (χ0n) is 14.6. The van der Waals surface area contributed by atoms with Gasteiger partial charge in [-0.1, -0.05) is 28.1 Å². The average molecular weight is 454 g/mol. The van der Waals surface area contributed by atoms with E-state index in [0.717, 1.165) is 10.0 Å². The summed E-state index contributed by atoms with van der Waals surface area (Å²) in [5.41, 5.74) is 1.26. The van der Waals surface area contributed by atoms with E-state index in [1.807, 2.05) is 0 Å². The van der Waals surface area contributed by atoms with Crippen molar-refractivity contribution in [3.05, 3.63) is 64.1 Å². The Morgan fingerprint density at radius 1 is 1.07 bits per heavy atom. The second kappa shape index (κ2) is 9.12. The lowest BCUT2D eigenvalue weighted by molar-refractivity contribution is -0.121. The molecule has 0 fully saturated rings. The van der Waals surface area contributed by atoms with Gasteiger partial charge in [0.2, 0.25) is 15.9 Å². The van der Waals surface area contributed by atoms with Gasteiger partial charge in [-0.15, -0.1) is 0 Å². The third kappa shape index (κ3) is 6.46. The topological polar surface area (TPSA) is 118 Å². The van der Waals surface area contributed by atoms with Gasteiger partial charge in [-0.2, -0.15) is 0 Å². The molecule has 2 aromatic rings. The van der Waals surface area contributed by atoms with Crippen LogP contribution in [0.2, 0.25) is 0 Å². The summed E-state index contributed by atoms with van der Waals surface area (Å²) in [6, 6.07) is 12.6. The molecule has 0 aliphatic rings. The van der Waals surface area contributed by atoms with Crippen LogP contribution in [0.5, 0.6) is 0 Å². The second-order valence-electron chi connectivity index (χ2n) is 5.92. The van der Waals surface area contributed by atoms with Crippen molar-refractivity contribution in [2.45, 2.75) is 24.3 Å². The highest BCUT2D eigenvalue weighted by atomic mass is 79.9. The van der Waals surface area contributed by atoms with Gasteiger partial charge < -0.3 is 10.6 Å². The van der Waals surface area contributed by atoms with Crippen LogP contribution in [-0.4, -0.2) is 26.8 Å². The molecule has 144 valence electrons. The van der Waals surface area contributed by atoms with Crippen molar-refractivity contribution in [3.8, 4) is 0 Å². The fourth-order valence-electron chi connectivity index (χ4n) is 2.34. The Morgan fingerprint density at radius 3 is 2.22 bits per heavy atom. The Labute approximate surface area is 166 Å². The molecule has 0 spiro atoms. The van der Waals surface area contributed by atoms with Crippen LogP contribution in [0.25, 0.3) is 0 Å². The Kier molecular flexibility index (Phi) is 7.11. The molecule has 9 heteroatoms. The SMILES string of the molecule is C[C@@H](NC(=O)CCNC(=O)c1ccc(Br)cc1)c1ccc(S(N)(=O)=O)cc1. The van der Waals surface area contributed by atoms with Gasteiger partial charge in [0, 0.05) is 23.0 Å². The summed E-state index contributed by atoms with van der Waals surface area (Å²) >= 11 is 3.30. The smallest absolute Gasteiger partial charge is 0.251 e. The van der Waals surface area contributed by atoms with Crippen molar-refractivity contribution in [2.75, 3.05) is 6.54 Å². The fraction of sp³-hybridized carbons (Fsp3) is 0.222. The molecule has 0 unspecified atom stereocenters. The summed E-state index contributed by atoms with van der Waals surface area (Å²) in [4.78, 5) is 24.0. The first-order valence-electron chi connectivity index (χ1n) is 8.12. The predicted octanol–water partition coefficient (Wildman–Crippen LogP) is 2.09. The van der Waals surface area contributed by atoms with E-state index in [1.54, 1.807) is 43.3 Å². The van der Waals surface area contributed by atoms with Gasteiger partial charge in [-0.05, 0) is 48.9 Å². The molecule has 0 saturated carbocycles. The van der Waals surface area contributed by atoms with E-state index in [-0.39, 0.29) is 35.7 Å². The Bertz CT molecular complexity index is 913. The van der Waals surface area contributed by atoms with Crippen LogP contribution in [0.3, 0.4) is 0 Å². The van der Waals surface area contributed by atoms with Crippen molar-refractivity contribution in [1.29, 1.82) is 0 Å². The number of hydrogen-bond donors (Lipinski definition) is 3. The van der Waals surface area contributed by atoms with E-state index >= 15 is 0 Å².